The number of nitrogens with one attached hydrogen (secondary N) is 3. The van der Waals surface area contributed by atoms with Gasteiger partial charge in [0.2, 0.25) is 0 Å². The van der Waals surface area contributed by atoms with Crippen LogP contribution in [0, 0.1) is 0 Å². The maximum absolute atomic E-state index is 12.3. The molecule has 2 heterocycles. The van der Waals surface area contributed by atoms with Crippen LogP contribution in [0.3, 0.4) is 0 Å². The third-order valence-electron chi connectivity index (χ3n) is 6.23. The van der Waals surface area contributed by atoms with Gasteiger partial charge >= 0.3 is 6.03 Å². The molecular formula is C27H33N5O. The lowest BCUT2D eigenvalue weighted by Crippen LogP contribution is -2.34. The molecule has 1 aromatic carbocycles. The zero-order valence-electron chi connectivity index (χ0n) is 19.3. The van der Waals surface area contributed by atoms with Gasteiger partial charge in [-0.2, -0.15) is 0 Å². The van der Waals surface area contributed by atoms with Crippen LogP contribution in [0.4, 0.5) is 10.5 Å². The van der Waals surface area contributed by atoms with E-state index < -0.39 is 0 Å². The van der Waals surface area contributed by atoms with E-state index >= 15 is 0 Å². The number of benzene rings is 1. The highest BCUT2D eigenvalue weighted by molar-refractivity contribution is 5.90. The molecule has 2 amide bonds. The lowest BCUT2D eigenvalue weighted by atomic mass is 9.90. The second-order valence-corrected chi connectivity index (χ2v) is 8.48. The van der Waals surface area contributed by atoms with Crippen molar-refractivity contribution >= 4 is 30.1 Å². The van der Waals surface area contributed by atoms with Gasteiger partial charge in [0.1, 0.15) is 0 Å². The number of urea groups is 1. The minimum Gasteiger partial charge on any atom is -0.334 e. The van der Waals surface area contributed by atoms with Gasteiger partial charge in [-0.05, 0) is 85.3 Å². The molecule has 0 atom stereocenters. The van der Waals surface area contributed by atoms with Crippen LogP contribution >= 0.6 is 0 Å². The normalized spacial score (nSPS) is 16.6. The number of anilines is 1. The van der Waals surface area contributed by atoms with E-state index in [1.165, 1.54) is 29.0 Å². The molecule has 1 aliphatic carbocycles. The van der Waals surface area contributed by atoms with Gasteiger partial charge in [-0.1, -0.05) is 30.9 Å². The molecule has 0 unspecified atom stereocenters. The molecule has 1 aliphatic heterocycles. The van der Waals surface area contributed by atoms with Gasteiger partial charge in [-0.15, -0.1) is 0 Å². The largest absolute Gasteiger partial charge is 0.334 e. The van der Waals surface area contributed by atoms with E-state index in [4.69, 9.17) is 0 Å². The summed E-state index contributed by atoms with van der Waals surface area (Å²) in [6.45, 7) is 6.25. The Bertz CT molecular complexity index is 1160. The van der Waals surface area contributed by atoms with Crippen molar-refractivity contribution in [3.05, 3.63) is 70.9 Å². The smallest absolute Gasteiger partial charge is 0.319 e. The summed E-state index contributed by atoms with van der Waals surface area (Å²) in [6, 6.07) is 7.78. The number of fused-ring (bicyclic) bond motifs is 1. The van der Waals surface area contributed by atoms with Gasteiger partial charge in [0.15, 0.2) is 0 Å². The van der Waals surface area contributed by atoms with Crippen molar-refractivity contribution < 1.29 is 4.79 Å². The first-order valence-corrected chi connectivity index (χ1v) is 11.7. The van der Waals surface area contributed by atoms with Crippen LogP contribution in [0.1, 0.15) is 37.2 Å². The Morgan fingerprint density at radius 3 is 2.70 bits per heavy atom. The number of piperidine rings is 1. The summed E-state index contributed by atoms with van der Waals surface area (Å²) in [7, 11) is 1.70. The highest BCUT2D eigenvalue weighted by atomic mass is 16.2. The van der Waals surface area contributed by atoms with E-state index in [-0.39, 0.29) is 6.03 Å². The van der Waals surface area contributed by atoms with Gasteiger partial charge in [0.05, 0.1) is 0 Å². The Morgan fingerprint density at radius 1 is 1.21 bits per heavy atom. The number of carbonyl (C=O) groups excluding carboxylic acids is 1. The summed E-state index contributed by atoms with van der Waals surface area (Å²) in [4.78, 5) is 16.3. The van der Waals surface area contributed by atoms with Crippen molar-refractivity contribution in [2.75, 3.05) is 32.0 Å². The molecule has 4 rings (SSSR count). The quantitative estimate of drug-likeness (QED) is 0.454. The number of rotatable bonds is 7. The maximum atomic E-state index is 12.3. The molecule has 2 aliphatic rings. The van der Waals surface area contributed by atoms with Crippen molar-refractivity contribution in [1.29, 1.82) is 0 Å². The lowest BCUT2D eigenvalue weighted by Gasteiger charge is -2.22. The monoisotopic (exact) mass is 443 g/mol. The minimum absolute atomic E-state index is 0.253. The van der Waals surface area contributed by atoms with Gasteiger partial charge in [-0.25, -0.2) is 4.79 Å². The first-order valence-electron chi connectivity index (χ1n) is 11.7. The SMILES string of the molecule is C=C/C=C(\C=NC)CNC(=O)Nc1ccc(-n2cc(C3CCNCC3)c3c2=CCCC=3)cc1. The van der Waals surface area contributed by atoms with E-state index in [2.05, 4.69) is 62.6 Å². The predicted molar refractivity (Wildman–Crippen MR) is 138 cm³/mol. The zero-order chi connectivity index (χ0) is 23.0. The number of hydrogen-bond donors (Lipinski definition) is 3. The predicted octanol–water partition coefficient (Wildman–Crippen LogP) is 3.23. The molecule has 172 valence electrons. The van der Waals surface area contributed by atoms with Crippen LogP contribution in [0.25, 0.3) is 17.8 Å². The fraction of sp³-hybridized carbons (Fsp3) is 0.333. The molecule has 0 bridgehead atoms. The topological polar surface area (TPSA) is 70.5 Å². The molecule has 0 radical (unpaired) electrons. The van der Waals surface area contributed by atoms with Crippen LogP contribution < -0.4 is 26.5 Å². The van der Waals surface area contributed by atoms with Crippen molar-refractivity contribution in [2.24, 2.45) is 4.99 Å². The van der Waals surface area contributed by atoms with Gasteiger partial charge in [0, 0.05) is 42.7 Å². The highest BCUT2D eigenvalue weighted by Gasteiger charge is 2.20. The average Bonchev–Trinajstić information content (AvgIpc) is 3.24. The van der Waals surface area contributed by atoms with E-state index in [0.717, 1.165) is 42.9 Å². The molecule has 1 fully saturated rings. The Hall–Kier alpha value is -3.38. The summed E-state index contributed by atoms with van der Waals surface area (Å²) >= 11 is 0. The van der Waals surface area contributed by atoms with Gasteiger partial charge in [0.25, 0.3) is 0 Å². The molecule has 33 heavy (non-hydrogen) atoms. The Labute approximate surface area is 195 Å². The second kappa shape index (κ2) is 11.0. The molecule has 1 aromatic heterocycles. The van der Waals surface area contributed by atoms with Crippen molar-refractivity contribution in [1.82, 2.24) is 15.2 Å². The highest BCUT2D eigenvalue weighted by Crippen LogP contribution is 2.24. The molecule has 6 nitrogen and oxygen atoms in total. The minimum atomic E-state index is -0.253. The van der Waals surface area contributed by atoms with Crippen molar-refractivity contribution in [2.45, 2.75) is 31.6 Å². The summed E-state index contributed by atoms with van der Waals surface area (Å²) in [5.74, 6) is 0.617. The average molecular weight is 444 g/mol. The van der Waals surface area contributed by atoms with Crippen molar-refractivity contribution in [3.8, 4) is 5.69 Å². The van der Waals surface area contributed by atoms with Crippen LogP contribution in [0.5, 0.6) is 0 Å². The van der Waals surface area contributed by atoms with Crippen LogP contribution in [-0.4, -0.2) is 43.5 Å². The summed E-state index contributed by atoms with van der Waals surface area (Å²) in [5.41, 5.74) is 4.22. The lowest BCUT2D eigenvalue weighted by molar-refractivity contribution is 0.253. The number of aromatic nitrogens is 1. The summed E-state index contributed by atoms with van der Waals surface area (Å²) in [6.07, 6.45) is 16.9. The van der Waals surface area contributed by atoms with E-state index in [0.29, 0.717) is 12.5 Å². The first kappa shape index (κ1) is 22.8. The van der Waals surface area contributed by atoms with E-state index in [9.17, 15) is 4.79 Å². The molecule has 1 saturated heterocycles. The fourth-order valence-electron chi connectivity index (χ4n) is 4.63. The number of nitrogens with zero attached hydrogens (tertiary/aromatic N) is 2. The van der Waals surface area contributed by atoms with Gasteiger partial charge < -0.3 is 20.5 Å². The second-order valence-electron chi connectivity index (χ2n) is 8.48. The Kier molecular flexibility index (Phi) is 7.58. The van der Waals surface area contributed by atoms with Crippen LogP contribution in [0.15, 0.2) is 59.8 Å². The standard InChI is InChI=1S/C27H33N5O/c1-3-6-20(17-28-2)18-30-27(33)31-22-9-11-23(12-10-22)32-19-25(21-13-15-29-16-14-21)24-7-4-5-8-26(24)32/h3,6-12,17,19,21,29H,1,4-5,13-16,18H2,2H3,(H2,30,31,33)/b20-6+,28-17?. The molecule has 0 spiro atoms. The Morgan fingerprint density at radius 2 is 1.97 bits per heavy atom. The van der Waals surface area contributed by atoms with Crippen LogP contribution in [0.2, 0.25) is 0 Å². The van der Waals surface area contributed by atoms with E-state index in [1.807, 2.05) is 18.2 Å². The summed E-state index contributed by atoms with van der Waals surface area (Å²) < 4.78 is 2.31. The molecule has 2 aromatic rings. The molecule has 0 saturated carbocycles. The van der Waals surface area contributed by atoms with Crippen molar-refractivity contribution in [3.63, 3.8) is 0 Å². The first-order chi connectivity index (χ1) is 16.2. The third-order valence-corrected chi connectivity index (χ3v) is 6.23. The van der Waals surface area contributed by atoms with Crippen LogP contribution in [-0.2, 0) is 0 Å². The van der Waals surface area contributed by atoms with E-state index in [1.54, 1.807) is 19.3 Å². The number of allylic oxidation sites excluding steroid dienone is 2. The fourth-order valence-corrected chi connectivity index (χ4v) is 4.63. The molecule has 6 heteroatoms. The molecule has 3 N–H and O–H groups in total. The molecular weight excluding hydrogens is 410 g/mol. The maximum Gasteiger partial charge on any atom is 0.319 e. The third kappa shape index (κ3) is 5.52. The zero-order valence-corrected chi connectivity index (χ0v) is 19.3. The summed E-state index contributed by atoms with van der Waals surface area (Å²) in [5, 5.41) is 11.9. The van der Waals surface area contributed by atoms with Gasteiger partial charge in [-0.3, -0.25) is 4.99 Å². The Balaban J connectivity index is 1.49. The number of carbonyl (C=O) groups is 1. The number of hydrogen-bond acceptors (Lipinski definition) is 3. The number of amides is 2. The number of aliphatic imine (C=N–C) groups is 1.